The van der Waals surface area contributed by atoms with Crippen LogP contribution in [0, 0.1) is 5.92 Å². The summed E-state index contributed by atoms with van der Waals surface area (Å²) in [5, 5.41) is 9.42. The third-order valence-corrected chi connectivity index (χ3v) is 1.61. The van der Waals surface area contributed by atoms with Gasteiger partial charge in [-0.25, -0.2) is 5.06 Å². The molecule has 0 spiro atoms. The van der Waals surface area contributed by atoms with Crippen molar-refractivity contribution in [3.8, 4) is 0 Å². The largest absolute Gasteiger partial charge is 0.320 e. The Kier molecular flexibility index (Phi) is 1.42. The van der Waals surface area contributed by atoms with E-state index in [1.807, 2.05) is 6.92 Å². The Morgan fingerprint density at radius 3 is 2.56 bits per heavy atom. The molecule has 1 saturated heterocycles. The molecule has 1 amide bonds. The second-order valence-corrected chi connectivity index (χ2v) is 2.42. The second kappa shape index (κ2) is 1.97. The summed E-state index contributed by atoms with van der Waals surface area (Å²) in [6, 6.07) is -0.505. The van der Waals surface area contributed by atoms with Gasteiger partial charge in [0.2, 0.25) is 0 Å². The summed E-state index contributed by atoms with van der Waals surface area (Å²) in [6.45, 7) is 2.19. The molecule has 0 radical (unpaired) electrons. The van der Waals surface area contributed by atoms with E-state index in [9.17, 15) is 4.79 Å². The molecule has 1 aliphatic heterocycles. The fourth-order valence-corrected chi connectivity index (χ4v) is 0.892. The Bertz CT molecular complexity index is 137. The number of carbonyl (C=O) groups excluding carboxylic acids is 1. The highest BCUT2D eigenvalue weighted by Gasteiger charge is 2.33. The van der Waals surface area contributed by atoms with E-state index in [1.54, 1.807) is 0 Å². The first kappa shape index (κ1) is 6.51. The monoisotopic (exact) mass is 130 g/mol. The third kappa shape index (κ3) is 0.906. The minimum atomic E-state index is -0.505. The fraction of sp³-hybridized carbons (Fsp3) is 0.800. The summed E-state index contributed by atoms with van der Waals surface area (Å²) in [5.74, 6) is -0.301. The van der Waals surface area contributed by atoms with E-state index < -0.39 is 6.04 Å². The molecule has 0 saturated carbocycles. The zero-order chi connectivity index (χ0) is 7.02. The van der Waals surface area contributed by atoms with Crippen LogP contribution in [0.4, 0.5) is 0 Å². The molecular formula is C5H10N2O2. The van der Waals surface area contributed by atoms with Gasteiger partial charge in [-0.1, -0.05) is 6.92 Å². The van der Waals surface area contributed by atoms with Gasteiger partial charge in [0.1, 0.15) is 0 Å². The van der Waals surface area contributed by atoms with Gasteiger partial charge in [0, 0.05) is 5.92 Å². The highest BCUT2D eigenvalue weighted by atomic mass is 16.5. The van der Waals surface area contributed by atoms with Crippen LogP contribution in [0.5, 0.6) is 0 Å². The number of hydrogen-bond donors (Lipinski definition) is 2. The lowest BCUT2D eigenvalue weighted by molar-refractivity contribution is -0.158. The summed E-state index contributed by atoms with van der Waals surface area (Å²) < 4.78 is 0. The van der Waals surface area contributed by atoms with E-state index in [1.165, 1.54) is 0 Å². The number of hydroxylamine groups is 2. The predicted molar refractivity (Wildman–Crippen MR) is 30.6 cm³/mol. The van der Waals surface area contributed by atoms with Crippen molar-refractivity contribution in [2.24, 2.45) is 11.7 Å². The van der Waals surface area contributed by atoms with Crippen LogP contribution in [-0.4, -0.2) is 28.8 Å². The number of rotatable bonds is 0. The molecule has 4 heteroatoms. The summed E-state index contributed by atoms with van der Waals surface area (Å²) in [7, 11) is 0. The molecule has 1 aliphatic rings. The van der Waals surface area contributed by atoms with Gasteiger partial charge in [-0.05, 0) is 0 Å². The number of carbonyl (C=O) groups is 1. The van der Waals surface area contributed by atoms with Gasteiger partial charge in [0.05, 0.1) is 12.6 Å². The van der Waals surface area contributed by atoms with Crippen molar-refractivity contribution in [3.63, 3.8) is 0 Å². The molecular weight excluding hydrogens is 120 g/mol. The molecule has 1 heterocycles. The summed E-state index contributed by atoms with van der Waals surface area (Å²) >= 11 is 0. The lowest BCUT2D eigenvalue weighted by atomic mass is 10.1. The highest BCUT2D eigenvalue weighted by Crippen LogP contribution is 2.12. The van der Waals surface area contributed by atoms with E-state index in [0.717, 1.165) is 0 Å². The Hall–Kier alpha value is -0.610. The van der Waals surface area contributed by atoms with Crippen LogP contribution in [0.3, 0.4) is 0 Å². The van der Waals surface area contributed by atoms with Gasteiger partial charge in [0.25, 0.3) is 5.91 Å². The first-order valence-electron chi connectivity index (χ1n) is 2.88. The molecule has 1 fully saturated rings. The van der Waals surface area contributed by atoms with E-state index >= 15 is 0 Å². The van der Waals surface area contributed by atoms with Crippen LogP contribution in [0.25, 0.3) is 0 Å². The SMILES string of the molecule is C[C@@H]1CN(O)C(=O)[C@@H]1N. The molecule has 0 bridgehead atoms. The van der Waals surface area contributed by atoms with Crippen LogP contribution in [0.15, 0.2) is 0 Å². The van der Waals surface area contributed by atoms with Crippen molar-refractivity contribution >= 4 is 5.91 Å². The molecule has 4 nitrogen and oxygen atoms in total. The fourth-order valence-electron chi connectivity index (χ4n) is 0.892. The summed E-state index contributed by atoms with van der Waals surface area (Å²) in [6.07, 6.45) is 0. The predicted octanol–water partition coefficient (Wildman–Crippen LogP) is -0.819. The number of nitrogens with zero attached hydrogens (tertiary/aromatic N) is 1. The summed E-state index contributed by atoms with van der Waals surface area (Å²) in [5.41, 5.74) is 5.36. The van der Waals surface area contributed by atoms with Gasteiger partial charge in [0.15, 0.2) is 0 Å². The molecule has 0 aromatic heterocycles. The molecule has 2 atom stereocenters. The van der Waals surface area contributed by atoms with E-state index in [4.69, 9.17) is 10.9 Å². The minimum absolute atomic E-state index is 0.0718. The maximum absolute atomic E-state index is 10.7. The molecule has 3 N–H and O–H groups in total. The average Bonchev–Trinajstić information content (AvgIpc) is 1.98. The van der Waals surface area contributed by atoms with Crippen molar-refractivity contribution in [1.82, 2.24) is 5.06 Å². The van der Waals surface area contributed by atoms with Crippen LogP contribution in [0.2, 0.25) is 0 Å². The number of amides is 1. The number of hydrogen-bond acceptors (Lipinski definition) is 3. The molecule has 0 aromatic carbocycles. The first-order chi connectivity index (χ1) is 4.13. The van der Waals surface area contributed by atoms with Gasteiger partial charge >= 0.3 is 0 Å². The summed E-state index contributed by atoms with van der Waals surface area (Å²) in [4.78, 5) is 10.7. The normalized spacial score (nSPS) is 35.9. The van der Waals surface area contributed by atoms with E-state index in [0.29, 0.717) is 11.6 Å². The van der Waals surface area contributed by atoms with Crippen LogP contribution >= 0.6 is 0 Å². The van der Waals surface area contributed by atoms with Crippen molar-refractivity contribution in [3.05, 3.63) is 0 Å². The third-order valence-electron chi connectivity index (χ3n) is 1.61. The van der Waals surface area contributed by atoms with E-state index in [-0.39, 0.29) is 11.8 Å². The average molecular weight is 130 g/mol. The van der Waals surface area contributed by atoms with Gasteiger partial charge in [-0.3, -0.25) is 10.0 Å². The van der Waals surface area contributed by atoms with Gasteiger partial charge in [-0.2, -0.15) is 0 Å². The minimum Gasteiger partial charge on any atom is -0.320 e. The van der Waals surface area contributed by atoms with Gasteiger partial charge in [-0.15, -0.1) is 0 Å². The second-order valence-electron chi connectivity index (χ2n) is 2.42. The zero-order valence-electron chi connectivity index (χ0n) is 5.24. The maximum atomic E-state index is 10.7. The van der Waals surface area contributed by atoms with Crippen molar-refractivity contribution in [1.29, 1.82) is 0 Å². The zero-order valence-corrected chi connectivity index (χ0v) is 5.24. The Balaban J connectivity index is 2.65. The molecule has 52 valence electrons. The Morgan fingerprint density at radius 1 is 1.89 bits per heavy atom. The lowest BCUT2D eigenvalue weighted by Crippen LogP contribution is -2.33. The topological polar surface area (TPSA) is 66.6 Å². The van der Waals surface area contributed by atoms with E-state index in [2.05, 4.69) is 0 Å². The van der Waals surface area contributed by atoms with Crippen LogP contribution in [0.1, 0.15) is 6.92 Å². The smallest absolute Gasteiger partial charge is 0.263 e. The standard InChI is InChI=1S/C5H10N2O2/c1-3-2-7(9)5(8)4(3)6/h3-4,9H,2,6H2,1H3/t3-,4-/m1/s1. The maximum Gasteiger partial charge on any atom is 0.263 e. The van der Waals surface area contributed by atoms with Crippen LogP contribution < -0.4 is 5.73 Å². The quantitative estimate of drug-likeness (QED) is 0.421. The van der Waals surface area contributed by atoms with Gasteiger partial charge < -0.3 is 5.73 Å². The Labute approximate surface area is 53.2 Å². The van der Waals surface area contributed by atoms with Crippen molar-refractivity contribution < 1.29 is 10.0 Å². The van der Waals surface area contributed by atoms with Crippen molar-refractivity contribution in [2.75, 3.05) is 6.54 Å². The Morgan fingerprint density at radius 2 is 2.44 bits per heavy atom. The first-order valence-corrected chi connectivity index (χ1v) is 2.88. The highest BCUT2D eigenvalue weighted by molar-refractivity contribution is 5.82. The lowest BCUT2D eigenvalue weighted by Gasteiger charge is -2.02. The molecule has 0 aliphatic carbocycles. The molecule has 0 unspecified atom stereocenters. The van der Waals surface area contributed by atoms with Crippen LogP contribution in [-0.2, 0) is 4.79 Å². The van der Waals surface area contributed by atoms with Crippen molar-refractivity contribution in [2.45, 2.75) is 13.0 Å². The number of nitrogens with two attached hydrogens (primary N) is 1. The molecule has 0 aromatic rings. The molecule has 1 rings (SSSR count). The molecule has 9 heavy (non-hydrogen) atoms.